The molecule has 0 amide bonds. The van der Waals surface area contributed by atoms with Gasteiger partial charge in [0.05, 0.1) is 0 Å². The Balaban J connectivity index is 2.18. The number of hydrogen-bond acceptors (Lipinski definition) is 2. The molecule has 0 saturated heterocycles. The number of benzene rings is 2. The molecule has 4 N–H and O–H groups in total. The second-order valence-electron chi connectivity index (χ2n) is 4.54. The third-order valence-corrected chi connectivity index (χ3v) is 3.15. The van der Waals surface area contributed by atoms with Gasteiger partial charge in [0, 0.05) is 22.7 Å². The van der Waals surface area contributed by atoms with E-state index in [0.717, 1.165) is 22.0 Å². The topological polar surface area (TPSA) is 61.9 Å². The highest BCUT2D eigenvalue weighted by Crippen LogP contribution is 2.31. The van der Waals surface area contributed by atoms with Crippen LogP contribution in [0.4, 0.5) is 5.69 Å². The molecular weight excluding hydrogens is 210 g/mol. The van der Waals surface area contributed by atoms with Crippen molar-refractivity contribution in [3.8, 4) is 0 Å². The number of nitrogens with one attached hydrogen (secondary N) is 2. The molecule has 0 atom stereocenters. The first kappa shape index (κ1) is 10.1. The second-order valence-corrected chi connectivity index (χ2v) is 4.54. The molecule has 86 valence electrons. The van der Waals surface area contributed by atoms with Crippen LogP contribution in [0, 0.1) is 5.41 Å². The van der Waals surface area contributed by atoms with Gasteiger partial charge in [-0.2, -0.15) is 0 Å². The summed E-state index contributed by atoms with van der Waals surface area (Å²) in [5, 5.41) is 13.3. The van der Waals surface area contributed by atoms with E-state index >= 15 is 0 Å². The zero-order chi connectivity index (χ0) is 11.8. The zero-order valence-corrected chi connectivity index (χ0v) is 9.53. The quantitative estimate of drug-likeness (QED) is 0.555. The van der Waals surface area contributed by atoms with Gasteiger partial charge in [-0.3, -0.25) is 5.41 Å². The smallest absolute Gasteiger partial charge is 0.123 e. The Morgan fingerprint density at radius 2 is 1.82 bits per heavy atom. The van der Waals surface area contributed by atoms with Crippen LogP contribution in [0.1, 0.15) is 18.4 Å². The Morgan fingerprint density at radius 1 is 1.12 bits per heavy atom. The van der Waals surface area contributed by atoms with E-state index in [2.05, 4.69) is 11.4 Å². The largest absolute Gasteiger partial charge is 0.384 e. The van der Waals surface area contributed by atoms with Crippen LogP contribution in [-0.2, 0) is 0 Å². The van der Waals surface area contributed by atoms with Crippen molar-refractivity contribution in [3.63, 3.8) is 0 Å². The first-order valence-electron chi connectivity index (χ1n) is 5.88. The van der Waals surface area contributed by atoms with Crippen molar-refractivity contribution in [2.24, 2.45) is 5.73 Å². The highest BCUT2D eigenvalue weighted by molar-refractivity contribution is 6.10. The number of nitrogens with two attached hydrogens (primary N) is 1. The molecule has 1 aliphatic rings. The summed E-state index contributed by atoms with van der Waals surface area (Å²) >= 11 is 0. The zero-order valence-electron chi connectivity index (χ0n) is 9.53. The fourth-order valence-electron chi connectivity index (χ4n) is 2.11. The Hall–Kier alpha value is -2.03. The molecule has 3 heteroatoms. The number of anilines is 1. The van der Waals surface area contributed by atoms with Crippen LogP contribution in [0.5, 0.6) is 0 Å². The first-order valence-corrected chi connectivity index (χ1v) is 5.88. The molecule has 17 heavy (non-hydrogen) atoms. The van der Waals surface area contributed by atoms with E-state index in [1.165, 1.54) is 12.8 Å². The minimum absolute atomic E-state index is 0.124. The van der Waals surface area contributed by atoms with Crippen LogP contribution >= 0.6 is 0 Å². The number of rotatable bonds is 3. The summed E-state index contributed by atoms with van der Waals surface area (Å²) in [6.07, 6.45) is 2.51. The standard InChI is InChI=1S/C14H15N3/c15-14(16)12-7-8-13(17-9-5-6-9)11-4-2-1-3-10(11)12/h1-4,7-9,17H,5-6H2,(H3,15,16). The van der Waals surface area contributed by atoms with Gasteiger partial charge in [-0.15, -0.1) is 0 Å². The van der Waals surface area contributed by atoms with E-state index in [-0.39, 0.29) is 5.84 Å². The van der Waals surface area contributed by atoms with Crippen molar-refractivity contribution in [2.45, 2.75) is 18.9 Å². The summed E-state index contributed by atoms with van der Waals surface area (Å²) < 4.78 is 0. The van der Waals surface area contributed by atoms with Gasteiger partial charge in [0.15, 0.2) is 0 Å². The lowest BCUT2D eigenvalue weighted by molar-refractivity contribution is 1.16. The molecular formula is C14H15N3. The van der Waals surface area contributed by atoms with Gasteiger partial charge in [0.1, 0.15) is 5.84 Å². The molecule has 0 aromatic heterocycles. The van der Waals surface area contributed by atoms with Crippen molar-refractivity contribution < 1.29 is 0 Å². The lowest BCUT2D eigenvalue weighted by atomic mass is 10.0. The van der Waals surface area contributed by atoms with Gasteiger partial charge < -0.3 is 11.1 Å². The SMILES string of the molecule is N=C(N)c1ccc(NC2CC2)c2ccccc12. The van der Waals surface area contributed by atoms with Crippen LogP contribution in [0.3, 0.4) is 0 Å². The highest BCUT2D eigenvalue weighted by atomic mass is 15.0. The second kappa shape index (κ2) is 3.77. The molecule has 1 saturated carbocycles. The molecule has 2 aromatic rings. The normalized spacial score (nSPS) is 14.8. The molecule has 0 bridgehead atoms. The molecule has 0 radical (unpaired) electrons. The monoisotopic (exact) mass is 225 g/mol. The lowest BCUT2D eigenvalue weighted by Crippen LogP contribution is -2.12. The van der Waals surface area contributed by atoms with E-state index in [1.807, 2.05) is 30.3 Å². The summed E-state index contributed by atoms with van der Waals surface area (Å²) in [6.45, 7) is 0. The molecule has 0 unspecified atom stereocenters. The number of amidine groups is 1. The summed E-state index contributed by atoms with van der Waals surface area (Å²) in [5.74, 6) is 0.124. The van der Waals surface area contributed by atoms with E-state index in [9.17, 15) is 0 Å². The molecule has 1 aliphatic carbocycles. The molecule has 0 aliphatic heterocycles. The number of fused-ring (bicyclic) bond motifs is 1. The molecule has 1 fully saturated rings. The molecule has 3 nitrogen and oxygen atoms in total. The summed E-state index contributed by atoms with van der Waals surface area (Å²) in [7, 11) is 0. The van der Waals surface area contributed by atoms with Crippen LogP contribution in [0.2, 0.25) is 0 Å². The molecule has 0 spiro atoms. The summed E-state index contributed by atoms with van der Waals surface area (Å²) in [5.41, 5.74) is 7.56. The van der Waals surface area contributed by atoms with E-state index in [1.54, 1.807) is 0 Å². The van der Waals surface area contributed by atoms with Crippen molar-refractivity contribution in [2.75, 3.05) is 5.32 Å². The summed E-state index contributed by atoms with van der Waals surface area (Å²) in [6, 6.07) is 12.7. The van der Waals surface area contributed by atoms with Crippen molar-refractivity contribution >= 4 is 22.3 Å². The maximum absolute atomic E-state index is 7.60. The lowest BCUT2D eigenvalue weighted by Gasteiger charge is -2.11. The Morgan fingerprint density at radius 3 is 2.47 bits per heavy atom. The van der Waals surface area contributed by atoms with Gasteiger partial charge in [0.2, 0.25) is 0 Å². The molecule has 2 aromatic carbocycles. The predicted octanol–water partition coefficient (Wildman–Crippen LogP) is 2.70. The maximum atomic E-state index is 7.60. The minimum Gasteiger partial charge on any atom is -0.384 e. The summed E-state index contributed by atoms with van der Waals surface area (Å²) in [4.78, 5) is 0. The average molecular weight is 225 g/mol. The Kier molecular flexibility index (Phi) is 2.25. The number of nitrogen functional groups attached to an aromatic ring is 1. The minimum atomic E-state index is 0.124. The van der Waals surface area contributed by atoms with E-state index in [4.69, 9.17) is 11.1 Å². The van der Waals surface area contributed by atoms with Gasteiger partial charge in [0.25, 0.3) is 0 Å². The third-order valence-electron chi connectivity index (χ3n) is 3.15. The van der Waals surface area contributed by atoms with Crippen LogP contribution < -0.4 is 11.1 Å². The number of hydrogen-bond donors (Lipinski definition) is 3. The highest BCUT2D eigenvalue weighted by Gasteiger charge is 2.21. The predicted molar refractivity (Wildman–Crippen MR) is 71.6 cm³/mol. The van der Waals surface area contributed by atoms with Crippen LogP contribution in [0.15, 0.2) is 36.4 Å². The van der Waals surface area contributed by atoms with Gasteiger partial charge in [-0.05, 0) is 30.4 Å². The molecule has 0 heterocycles. The fourth-order valence-corrected chi connectivity index (χ4v) is 2.11. The fraction of sp³-hybridized carbons (Fsp3) is 0.214. The van der Waals surface area contributed by atoms with E-state index in [0.29, 0.717) is 6.04 Å². The van der Waals surface area contributed by atoms with Crippen molar-refractivity contribution in [3.05, 3.63) is 42.0 Å². The van der Waals surface area contributed by atoms with Crippen LogP contribution in [0.25, 0.3) is 10.8 Å². The maximum Gasteiger partial charge on any atom is 0.123 e. The van der Waals surface area contributed by atoms with Crippen LogP contribution in [-0.4, -0.2) is 11.9 Å². The van der Waals surface area contributed by atoms with Crippen molar-refractivity contribution in [1.29, 1.82) is 5.41 Å². The Labute approximate surface area is 100 Å². The average Bonchev–Trinajstić information content (AvgIpc) is 3.13. The van der Waals surface area contributed by atoms with Crippen molar-refractivity contribution in [1.82, 2.24) is 0 Å². The van der Waals surface area contributed by atoms with Gasteiger partial charge in [-0.1, -0.05) is 24.3 Å². The van der Waals surface area contributed by atoms with Gasteiger partial charge >= 0.3 is 0 Å². The van der Waals surface area contributed by atoms with Gasteiger partial charge in [-0.25, -0.2) is 0 Å². The van der Waals surface area contributed by atoms with E-state index < -0.39 is 0 Å². The Bertz CT molecular complexity index is 585. The first-order chi connectivity index (χ1) is 8.25. The molecule has 3 rings (SSSR count). The third kappa shape index (κ3) is 1.84.